The molecule has 2 amide bonds. The van der Waals surface area contributed by atoms with E-state index in [9.17, 15) is 9.59 Å². The predicted octanol–water partition coefficient (Wildman–Crippen LogP) is 3.67. The molecule has 3 aromatic rings. The lowest BCUT2D eigenvalue weighted by molar-refractivity contribution is -0.117. The first-order valence-electron chi connectivity index (χ1n) is 8.28. The van der Waals surface area contributed by atoms with E-state index in [1.165, 1.54) is 0 Å². The summed E-state index contributed by atoms with van der Waals surface area (Å²) in [5.41, 5.74) is 2.00. The van der Waals surface area contributed by atoms with Crippen LogP contribution >= 0.6 is 23.1 Å². The van der Waals surface area contributed by atoms with Crippen LogP contribution in [-0.4, -0.2) is 39.7 Å². The molecule has 0 fully saturated rings. The Morgan fingerprint density at radius 1 is 1.19 bits per heavy atom. The Kier molecular flexibility index (Phi) is 4.63. The maximum absolute atomic E-state index is 12.9. The number of amides is 2. The molecule has 1 aliphatic rings. The second-order valence-corrected chi connectivity index (χ2v) is 7.38. The molecule has 0 radical (unpaired) electrons. The number of nitrogens with zero attached hydrogens (tertiary/aromatic N) is 3. The third-order valence-electron chi connectivity index (χ3n) is 4.46. The second kappa shape index (κ2) is 7.09. The zero-order valence-corrected chi connectivity index (χ0v) is 15.9. The SMILES string of the molecule is CN1CC(C(=O)Nc2nc(-c3ccccc3Cl)ns2)c2ccccc2C1=O. The molecule has 0 saturated heterocycles. The van der Waals surface area contributed by atoms with Gasteiger partial charge in [-0.25, -0.2) is 0 Å². The molecule has 4 rings (SSSR count). The Morgan fingerprint density at radius 2 is 1.89 bits per heavy atom. The number of fused-ring (bicyclic) bond motifs is 1. The second-order valence-electron chi connectivity index (χ2n) is 6.22. The first-order valence-corrected chi connectivity index (χ1v) is 9.43. The summed E-state index contributed by atoms with van der Waals surface area (Å²) >= 11 is 7.28. The third kappa shape index (κ3) is 3.31. The van der Waals surface area contributed by atoms with Gasteiger partial charge < -0.3 is 10.2 Å². The highest BCUT2D eigenvalue weighted by Gasteiger charge is 2.33. The molecule has 136 valence electrons. The van der Waals surface area contributed by atoms with Gasteiger partial charge in [-0.15, -0.1) is 0 Å². The average molecular weight is 399 g/mol. The van der Waals surface area contributed by atoms with Crippen LogP contribution in [0.1, 0.15) is 21.8 Å². The van der Waals surface area contributed by atoms with E-state index in [1.54, 1.807) is 30.1 Å². The van der Waals surface area contributed by atoms with Crippen LogP contribution in [0, 0.1) is 0 Å². The normalized spacial score (nSPS) is 16.1. The van der Waals surface area contributed by atoms with E-state index >= 15 is 0 Å². The van der Waals surface area contributed by atoms with Crippen molar-refractivity contribution < 1.29 is 9.59 Å². The summed E-state index contributed by atoms with van der Waals surface area (Å²) in [7, 11) is 1.69. The largest absolute Gasteiger partial charge is 0.341 e. The standard InChI is InChI=1S/C19H15ClN4O2S/c1-24-10-14(11-6-2-3-7-12(11)18(24)26)17(25)22-19-21-16(23-27-19)13-8-4-5-9-15(13)20/h2-9,14H,10H2,1H3,(H,21,22,23,25). The highest BCUT2D eigenvalue weighted by Crippen LogP contribution is 2.30. The van der Waals surface area contributed by atoms with Crippen molar-refractivity contribution in [3.63, 3.8) is 0 Å². The number of benzene rings is 2. The Bertz CT molecular complexity index is 1040. The van der Waals surface area contributed by atoms with Crippen molar-refractivity contribution in [3.8, 4) is 11.4 Å². The molecule has 8 heteroatoms. The molecule has 1 unspecified atom stereocenters. The molecular weight excluding hydrogens is 384 g/mol. The summed E-state index contributed by atoms with van der Waals surface area (Å²) in [4.78, 5) is 31.1. The summed E-state index contributed by atoms with van der Waals surface area (Å²) in [5, 5.41) is 3.77. The van der Waals surface area contributed by atoms with E-state index < -0.39 is 5.92 Å². The number of carbonyl (C=O) groups is 2. The summed E-state index contributed by atoms with van der Waals surface area (Å²) < 4.78 is 4.28. The maximum Gasteiger partial charge on any atom is 0.253 e. The van der Waals surface area contributed by atoms with Gasteiger partial charge >= 0.3 is 0 Å². The third-order valence-corrected chi connectivity index (χ3v) is 5.42. The number of halogens is 1. The van der Waals surface area contributed by atoms with Crippen LogP contribution < -0.4 is 5.32 Å². The molecule has 0 saturated carbocycles. The molecule has 0 aliphatic carbocycles. The Labute approximate surface area is 165 Å². The minimum absolute atomic E-state index is 0.0772. The topological polar surface area (TPSA) is 75.2 Å². The highest BCUT2D eigenvalue weighted by atomic mass is 35.5. The van der Waals surface area contributed by atoms with Crippen molar-refractivity contribution in [1.29, 1.82) is 0 Å². The van der Waals surface area contributed by atoms with Crippen LogP contribution in [0.5, 0.6) is 0 Å². The van der Waals surface area contributed by atoms with Gasteiger partial charge in [-0.3, -0.25) is 9.59 Å². The van der Waals surface area contributed by atoms with E-state index in [2.05, 4.69) is 14.7 Å². The van der Waals surface area contributed by atoms with Gasteiger partial charge in [0.25, 0.3) is 5.91 Å². The van der Waals surface area contributed by atoms with Crippen LogP contribution in [-0.2, 0) is 4.79 Å². The molecule has 27 heavy (non-hydrogen) atoms. The fourth-order valence-electron chi connectivity index (χ4n) is 3.10. The van der Waals surface area contributed by atoms with E-state index in [4.69, 9.17) is 11.6 Å². The van der Waals surface area contributed by atoms with Crippen LogP contribution in [0.15, 0.2) is 48.5 Å². The molecule has 1 N–H and O–H groups in total. The number of carbonyl (C=O) groups excluding carboxylic acids is 2. The van der Waals surface area contributed by atoms with E-state index in [-0.39, 0.29) is 11.8 Å². The predicted molar refractivity (Wildman–Crippen MR) is 105 cm³/mol. The summed E-state index contributed by atoms with van der Waals surface area (Å²) in [5.74, 6) is -0.288. The number of hydrogen-bond donors (Lipinski definition) is 1. The van der Waals surface area contributed by atoms with E-state index in [1.807, 2.05) is 30.3 Å². The molecule has 1 atom stereocenters. The molecular formula is C19H15ClN4O2S. The van der Waals surface area contributed by atoms with Gasteiger partial charge in [0.1, 0.15) is 0 Å². The fraction of sp³-hybridized carbons (Fsp3) is 0.158. The van der Waals surface area contributed by atoms with Crippen LogP contribution in [0.3, 0.4) is 0 Å². The van der Waals surface area contributed by atoms with Crippen molar-refractivity contribution in [2.75, 3.05) is 18.9 Å². The smallest absolute Gasteiger partial charge is 0.253 e. The Morgan fingerprint density at radius 3 is 2.67 bits per heavy atom. The monoisotopic (exact) mass is 398 g/mol. The quantitative estimate of drug-likeness (QED) is 0.730. The number of hydrogen-bond acceptors (Lipinski definition) is 5. The minimum Gasteiger partial charge on any atom is -0.341 e. The van der Waals surface area contributed by atoms with Crippen molar-refractivity contribution in [2.24, 2.45) is 0 Å². The van der Waals surface area contributed by atoms with E-state index in [0.29, 0.717) is 33.7 Å². The lowest BCUT2D eigenvalue weighted by Crippen LogP contribution is -2.41. The Balaban J connectivity index is 1.58. The molecule has 0 spiro atoms. The van der Waals surface area contributed by atoms with Gasteiger partial charge in [0.2, 0.25) is 11.0 Å². The van der Waals surface area contributed by atoms with Gasteiger partial charge in [-0.05, 0) is 23.8 Å². The molecule has 0 bridgehead atoms. The minimum atomic E-state index is -0.462. The summed E-state index contributed by atoms with van der Waals surface area (Å²) in [6.07, 6.45) is 0. The lowest BCUT2D eigenvalue weighted by atomic mass is 9.89. The Hall–Kier alpha value is -2.77. The highest BCUT2D eigenvalue weighted by molar-refractivity contribution is 7.10. The van der Waals surface area contributed by atoms with Gasteiger partial charge in [0, 0.05) is 36.3 Å². The summed E-state index contributed by atoms with van der Waals surface area (Å²) in [6, 6.07) is 14.5. The molecule has 1 aliphatic heterocycles. The number of anilines is 1. The fourth-order valence-corrected chi connectivity index (χ4v) is 3.91. The van der Waals surface area contributed by atoms with Gasteiger partial charge in [0.05, 0.1) is 10.9 Å². The number of rotatable bonds is 3. The van der Waals surface area contributed by atoms with Crippen LogP contribution in [0.25, 0.3) is 11.4 Å². The molecule has 2 aromatic carbocycles. The van der Waals surface area contributed by atoms with Crippen LogP contribution in [0.4, 0.5) is 5.13 Å². The zero-order chi connectivity index (χ0) is 19.0. The van der Waals surface area contributed by atoms with Crippen molar-refractivity contribution >= 4 is 40.1 Å². The molecule has 6 nitrogen and oxygen atoms in total. The van der Waals surface area contributed by atoms with Gasteiger partial charge in [0.15, 0.2) is 5.82 Å². The molecule has 1 aromatic heterocycles. The number of aromatic nitrogens is 2. The van der Waals surface area contributed by atoms with Crippen molar-refractivity contribution in [3.05, 3.63) is 64.7 Å². The van der Waals surface area contributed by atoms with E-state index in [0.717, 1.165) is 17.1 Å². The number of nitrogens with one attached hydrogen (secondary N) is 1. The average Bonchev–Trinajstić information content (AvgIpc) is 3.13. The van der Waals surface area contributed by atoms with Gasteiger partial charge in [-0.1, -0.05) is 41.9 Å². The van der Waals surface area contributed by atoms with Crippen LogP contribution in [0.2, 0.25) is 5.02 Å². The van der Waals surface area contributed by atoms with Crippen molar-refractivity contribution in [2.45, 2.75) is 5.92 Å². The van der Waals surface area contributed by atoms with Gasteiger partial charge in [-0.2, -0.15) is 9.36 Å². The number of likely N-dealkylation sites (N-methyl/N-ethyl adjacent to an activating group) is 1. The van der Waals surface area contributed by atoms with Crippen molar-refractivity contribution in [1.82, 2.24) is 14.3 Å². The first-order chi connectivity index (χ1) is 13.0. The lowest BCUT2D eigenvalue weighted by Gasteiger charge is -2.30. The first kappa shape index (κ1) is 17.6. The summed E-state index contributed by atoms with van der Waals surface area (Å²) in [6.45, 7) is 0.317. The molecule has 2 heterocycles. The zero-order valence-electron chi connectivity index (χ0n) is 14.3. The maximum atomic E-state index is 12.9.